The highest BCUT2D eigenvalue weighted by molar-refractivity contribution is 6.30. The largest absolute Gasteiger partial charge is 0.381 e. The lowest BCUT2D eigenvalue weighted by molar-refractivity contribution is 0.625. The Labute approximate surface area is 108 Å². The van der Waals surface area contributed by atoms with E-state index in [0.717, 1.165) is 17.0 Å². The molecule has 92 valence electrons. The molecule has 0 saturated carbocycles. The number of nitrogen functional groups attached to an aromatic ring is 1. The van der Waals surface area contributed by atoms with Gasteiger partial charge in [0.25, 0.3) is 0 Å². The van der Waals surface area contributed by atoms with Gasteiger partial charge in [0.1, 0.15) is 5.65 Å². The highest BCUT2D eigenvalue weighted by Gasteiger charge is 2.08. The van der Waals surface area contributed by atoms with Gasteiger partial charge < -0.3 is 10.1 Å². The molecule has 2 N–H and O–H groups in total. The van der Waals surface area contributed by atoms with Crippen molar-refractivity contribution >= 4 is 23.1 Å². The first-order chi connectivity index (χ1) is 8.63. The van der Waals surface area contributed by atoms with Crippen molar-refractivity contribution in [2.75, 3.05) is 5.73 Å². The maximum atomic E-state index is 5.92. The van der Waals surface area contributed by atoms with E-state index in [2.05, 4.69) is 15.3 Å². The Morgan fingerprint density at radius 3 is 2.89 bits per heavy atom. The molecule has 3 heterocycles. The summed E-state index contributed by atoms with van der Waals surface area (Å²) in [6.07, 6.45) is 3.73. The fraction of sp³-hybridized carbons (Fsp3) is 0.182. The van der Waals surface area contributed by atoms with E-state index in [1.165, 1.54) is 0 Å². The first-order valence-electron chi connectivity index (χ1n) is 5.42. The summed E-state index contributed by atoms with van der Waals surface area (Å²) in [4.78, 5) is 4.47. The second-order valence-electron chi connectivity index (χ2n) is 4.06. The minimum Gasteiger partial charge on any atom is -0.381 e. The third-order valence-corrected chi connectivity index (χ3v) is 3.02. The van der Waals surface area contributed by atoms with Gasteiger partial charge in [-0.25, -0.2) is 9.67 Å². The molecule has 0 spiro atoms. The van der Waals surface area contributed by atoms with Gasteiger partial charge in [-0.15, -0.1) is 5.10 Å². The molecule has 0 unspecified atom stereocenters. The summed E-state index contributed by atoms with van der Waals surface area (Å²) in [5.41, 5.74) is 8.22. The van der Waals surface area contributed by atoms with Gasteiger partial charge >= 0.3 is 0 Å². The summed E-state index contributed by atoms with van der Waals surface area (Å²) in [5.74, 6) is 0.446. The van der Waals surface area contributed by atoms with Crippen LogP contribution < -0.4 is 5.73 Å². The van der Waals surface area contributed by atoms with Crippen LogP contribution in [0.15, 0.2) is 24.5 Å². The number of imidazole rings is 1. The van der Waals surface area contributed by atoms with Gasteiger partial charge in [0.15, 0.2) is 5.82 Å². The Morgan fingerprint density at radius 2 is 2.17 bits per heavy atom. The Kier molecular flexibility index (Phi) is 2.45. The van der Waals surface area contributed by atoms with Crippen LogP contribution in [0.5, 0.6) is 0 Å². The fourth-order valence-electron chi connectivity index (χ4n) is 1.77. The first kappa shape index (κ1) is 11.0. The second-order valence-corrected chi connectivity index (χ2v) is 4.50. The van der Waals surface area contributed by atoms with Gasteiger partial charge in [0.05, 0.1) is 23.0 Å². The predicted molar refractivity (Wildman–Crippen MR) is 68.5 cm³/mol. The summed E-state index contributed by atoms with van der Waals surface area (Å²) in [6, 6.07) is 3.68. The lowest BCUT2D eigenvalue weighted by Crippen LogP contribution is -2.04. The predicted octanol–water partition coefficient (Wildman–Crippen LogP) is 1.52. The lowest BCUT2D eigenvalue weighted by Gasteiger charge is -1.98. The number of hydrogen-bond donors (Lipinski definition) is 1. The van der Waals surface area contributed by atoms with Crippen LogP contribution in [0, 0.1) is 6.92 Å². The third-order valence-electron chi connectivity index (χ3n) is 2.79. The minimum atomic E-state index is 0.446. The van der Waals surface area contributed by atoms with Crippen molar-refractivity contribution in [1.82, 2.24) is 24.4 Å². The molecular formula is C11H11ClN6. The molecule has 3 rings (SSSR count). The SMILES string of the molecule is Cc1c(N)nnn1Cc1cn2cc(Cl)ccc2n1. The van der Waals surface area contributed by atoms with E-state index in [-0.39, 0.29) is 0 Å². The number of nitrogens with two attached hydrogens (primary N) is 1. The number of halogens is 1. The number of anilines is 1. The molecule has 0 aliphatic heterocycles. The van der Waals surface area contributed by atoms with E-state index >= 15 is 0 Å². The second kappa shape index (κ2) is 3.99. The average molecular weight is 263 g/mol. The van der Waals surface area contributed by atoms with Crippen molar-refractivity contribution in [3.8, 4) is 0 Å². The van der Waals surface area contributed by atoms with Crippen LogP contribution in [0.25, 0.3) is 5.65 Å². The molecule has 0 bridgehead atoms. The molecule has 3 aromatic heterocycles. The van der Waals surface area contributed by atoms with Gasteiger partial charge in [-0.05, 0) is 19.1 Å². The Balaban J connectivity index is 1.98. The van der Waals surface area contributed by atoms with Crippen molar-refractivity contribution in [1.29, 1.82) is 0 Å². The maximum Gasteiger partial charge on any atom is 0.168 e. The van der Waals surface area contributed by atoms with E-state index in [1.807, 2.05) is 35.9 Å². The van der Waals surface area contributed by atoms with E-state index in [4.69, 9.17) is 17.3 Å². The number of hydrogen-bond acceptors (Lipinski definition) is 4. The van der Waals surface area contributed by atoms with Gasteiger partial charge in [-0.3, -0.25) is 0 Å². The van der Waals surface area contributed by atoms with E-state index in [9.17, 15) is 0 Å². The van der Waals surface area contributed by atoms with Crippen LogP contribution in [0.2, 0.25) is 5.02 Å². The van der Waals surface area contributed by atoms with Crippen molar-refractivity contribution in [3.05, 3.63) is 40.9 Å². The van der Waals surface area contributed by atoms with Crippen molar-refractivity contribution < 1.29 is 0 Å². The molecule has 6 nitrogen and oxygen atoms in total. The zero-order valence-corrected chi connectivity index (χ0v) is 10.5. The number of fused-ring (bicyclic) bond motifs is 1. The molecule has 0 amide bonds. The molecule has 0 aliphatic rings. The van der Waals surface area contributed by atoms with Crippen LogP contribution in [0.1, 0.15) is 11.4 Å². The molecule has 0 saturated heterocycles. The van der Waals surface area contributed by atoms with Crippen LogP contribution in [-0.4, -0.2) is 24.4 Å². The molecule has 0 aromatic carbocycles. The van der Waals surface area contributed by atoms with Crippen LogP contribution >= 0.6 is 11.6 Å². The number of pyridine rings is 1. The normalized spacial score (nSPS) is 11.2. The standard InChI is InChI=1S/C11H11ClN6/c1-7-11(13)15-16-18(7)6-9-5-17-4-8(12)2-3-10(17)14-9/h2-5H,6,13H2,1H3. The Morgan fingerprint density at radius 1 is 1.33 bits per heavy atom. The topological polar surface area (TPSA) is 74.0 Å². The Hall–Kier alpha value is -2.08. The van der Waals surface area contributed by atoms with Gasteiger partial charge in [-0.2, -0.15) is 0 Å². The highest BCUT2D eigenvalue weighted by Crippen LogP contribution is 2.13. The van der Waals surface area contributed by atoms with E-state index in [1.54, 1.807) is 4.68 Å². The monoisotopic (exact) mass is 262 g/mol. The van der Waals surface area contributed by atoms with Crippen LogP contribution in [0.4, 0.5) is 5.82 Å². The molecule has 0 fully saturated rings. The van der Waals surface area contributed by atoms with E-state index in [0.29, 0.717) is 17.4 Å². The van der Waals surface area contributed by atoms with Gasteiger partial charge in [-0.1, -0.05) is 16.8 Å². The molecule has 7 heteroatoms. The summed E-state index contributed by atoms with van der Waals surface area (Å²) in [7, 11) is 0. The molecular weight excluding hydrogens is 252 g/mol. The van der Waals surface area contributed by atoms with Crippen molar-refractivity contribution in [2.45, 2.75) is 13.5 Å². The maximum absolute atomic E-state index is 5.92. The zero-order valence-electron chi connectivity index (χ0n) is 9.71. The van der Waals surface area contributed by atoms with Crippen LogP contribution in [-0.2, 0) is 6.54 Å². The number of rotatable bonds is 2. The lowest BCUT2D eigenvalue weighted by atomic mass is 10.4. The smallest absolute Gasteiger partial charge is 0.168 e. The summed E-state index contributed by atoms with van der Waals surface area (Å²) in [6.45, 7) is 2.41. The molecule has 3 aromatic rings. The highest BCUT2D eigenvalue weighted by atomic mass is 35.5. The summed E-state index contributed by atoms with van der Waals surface area (Å²) in [5, 5.41) is 8.45. The number of nitrogens with zero attached hydrogens (tertiary/aromatic N) is 5. The zero-order chi connectivity index (χ0) is 12.7. The molecule has 0 aliphatic carbocycles. The summed E-state index contributed by atoms with van der Waals surface area (Å²) >= 11 is 5.92. The van der Waals surface area contributed by atoms with Gasteiger partial charge in [0, 0.05) is 12.4 Å². The summed E-state index contributed by atoms with van der Waals surface area (Å²) < 4.78 is 3.60. The molecule has 0 atom stereocenters. The first-order valence-corrected chi connectivity index (χ1v) is 5.80. The van der Waals surface area contributed by atoms with Crippen molar-refractivity contribution in [2.24, 2.45) is 0 Å². The van der Waals surface area contributed by atoms with Crippen LogP contribution in [0.3, 0.4) is 0 Å². The number of aromatic nitrogens is 5. The fourth-order valence-corrected chi connectivity index (χ4v) is 1.94. The Bertz CT molecular complexity index is 713. The molecule has 0 radical (unpaired) electrons. The van der Waals surface area contributed by atoms with Crippen molar-refractivity contribution in [3.63, 3.8) is 0 Å². The van der Waals surface area contributed by atoms with E-state index < -0.39 is 0 Å². The molecule has 18 heavy (non-hydrogen) atoms. The quantitative estimate of drug-likeness (QED) is 0.760. The third kappa shape index (κ3) is 1.80. The van der Waals surface area contributed by atoms with Gasteiger partial charge in [0.2, 0.25) is 0 Å². The minimum absolute atomic E-state index is 0.446. The average Bonchev–Trinajstić information content (AvgIpc) is 2.86.